The van der Waals surface area contributed by atoms with Crippen LogP contribution in [0, 0.1) is 5.82 Å². The van der Waals surface area contributed by atoms with Gasteiger partial charge in [-0.3, -0.25) is 0 Å². The Labute approximate surface area is 148 Å². The molecule has 25 heavy (non-hydrogen) atoms. The van der Waals surface area contributed by atoms with E-state index >= 15 is 0 Å². The molecule has 0 unspecified atom stereocenters. The molecule has 3 aromatic carbocycles. The first kappa shape index (κ1) is 15.6. The van der Waals surface area contributed by atoms with Gasteiger partial charge in [-0.25, -0.2) is 9.18 Å². The number of hydrogen-bond acceptors (Lipinski definition) is 2. The predicted molar refractivity (Wildman–Crippen MR) is 98.3 cm³/mol. The number of halogens is 2. The molecule has 0 saturated carbocycles. The number of fused-ring (bicyclic) bond motifs is 1. The molecule has 0 N–H and O–H groups in total. The van der Waals surface area contributed by atoms with Crippen LogP contribution in [0.1, 0.15) is 0 Å². The van der Waals surface area contributed by atoms with Crippen LogP contribution >= 0.6 is 11.6 Å². The number of benzene rings is 3. The number of hydrogen-bond donors (Lipinski definition) is 0. The SMILES string of the molecule is O=c1oc2ccc(F)cc2c(-c2ccc(Cl)cc2)c1-c1ccccc1. The van der Waals surface area contributed by atoms with Gasteiger partial charge in [0.25, 0.3) is 0 Å². The van der Waals surface area contributed by atoms with E-state index in [1.807, 2.05) is 42.5 Å². The fourth-order valence-corrected chi connectivity index (χ4v) is 3.08. The van der Waals surface area contributed by atoms with Gasteiger partial charge >= 0.3 is 5.63 Å². The first-order chi connectivity index (χ1) is 12.1. The van der Waals surface area contributed by atoms with E-state index < -0.39 is 11.4 Å². The molecule has 0 aliphatic heterocycles. The molecule has 1 heterocycles. The monoisotopic (exact) mass is 350 g/mol. The second kappa shape index (κ2) is 6.19. The van der Waals surface area contributed by atoms with Crippen molar-refractivity contribution in [1.29, 1.82) is 0 Å². The molecule has 0 radical (unpaired) electrons. The molecule has 0 bridgehead atoms. The van der Waals surface area contributed by atoms with Crippen LogP contribution in [0.25, 0.3) is 33.2 Å². The second-order valence-corrected chi connectivity index (χ2v) is 6.09. The van der Waals surface area contributed by atoms with E-state index in [9.17, 15) is 9.18 Å². The minimum Gasteiger partial charge on any atom is -0.422 e. The quantitative estimate of drug-likeness (QED) is 0.420. The van der Waals surface area contributed by atoms with Crippen molar-refractivity contribution in [2.45, 2.75) is 0 Å². The Morgan fingerprint density at radius 2 is 1.48 bits per heavy atom. The highest BCUT2D eigenvalue weighted by Crippen LogP contribution is 2.36. The van der Waals surface area contributed by atoms with Crippen molar-refractivity contribution < 1.29 is 8.81 Å². The lowest BCUT2D eigenvalue weighted by Crippen LogP contribution is -2.06. The molecule has 0 spiro atoms. The molecule has 4 rings (SSSR count). The third-order valence-electron chi connectivity index (χ3n) is 4.06. The Morgan fingerprint density at radius 3 is 2.20 bits per heavy atom. The van der Waals surface area contributed by atoms with Crippen LogP contribution in [0.4, 0.5) is 4.39 Å². The minimum absolute atomic E-state index is 0.344. The average molecular weight is 351 g/mol. The molecule has 1 aromatic heterocycles. The summed E-state index contributed by atoms with van der Waals surface area (Å²) in [6.07, 6.45) is 0. The molecular formula is C21H12ClFO2. The van der Waals surface area contributed by atoms with Gasteiger partial charge in [-0.15, -0.1) is 0 Å². The molecule has 0 aliphatic carbocycles. The normalized spacial score (nSPS) is 11.0. The Bertz CT molecular complexity index is 1120. The first-order valence-electron chi connectivity index (χ1n) is 7.71. The lowest BCUT2D eigenvalue weighted by Gasteiger charge is -2.12. The molecule has 122 valence electrons. The van der Waals surface area contributed by atoms with Crippen molar-refractivity contribution in [3.05, 3.63) is 94.1 Å². The highest BCUT2D eigenvalue weighted by Gasteiger charge is 2.18. The molecule has 0 aliphatic rings. The first-order valence-corrected chi connectivity index (χ1v) is 8.09. The maximum atomic E-state index is 13.9. The van der Waals surface area contributed by atoms with E-state index in [2.05, 4.69) is 0 Å². The van der Waals surface area contributed by atoms with Gasteiger partial charge < -0.3 is 4.42 Å². The third kappa shape index (κ3) is 2.83. The van der Waals surface area contributed by atoms with Gasteiger partial charge in [-0.05, 0) is 41.5 Å². The predicted octanol–water partition coefficient (Wildman–Crippen LogP) is 5.92. The lowest BCUT2D eigenvalue weighted by atomic mass is 9.93. The van der Waals surface area contributed by atoms with Gasteiger partial charge in [0.2, 0.25) is 0 Å². The summed E-state index contributed by atoms with van der Waals surface area (Å²) in [5, 5.41) is 1.13. The van der Waals surface area contributed by atoms with E-state index in [1.54, 1.807) is 12.1 Å². The maximum absolute atomic E-state index is 13.9. The van der Waals surface area contributed by atoms with Crippen molar-refractivity contribution in [3.8, 4) is 22.3 Å². The summed E-state index contributed by atoms with van der Waals surface area (Å²) in [4.78, 5) is 12.7. The Hall–Kier alpha value is -2.91. The van der Waals surface area contributed by atoms with E-state index in [1.165, 1.54) is 18.2 Å². The summed E-state index contributed by atoms with van der Waals surface area (Å²) in [6, 6.07) is 20.5. The van der Waals surface area contributed by atoms with Crippen molar-refractivity contribution in [2.75, 3.05) is 0 Å². The Balaban J connectivity index is 2.17. The molecule has 0 atom stereocenters. The molecule has 0 amide bonds. The van der Waals surface area contributed by atoms with Gasteiger partial charge in [-0.2, -0.15) is 0 Å². The molecule has 0 saturated heterocycles. The molecule has 4 aromatic rings. The zero-order valence-electron chi connectivity index (χ0n) is 13.0. The van der Waals surface area contributed by atoms with Crippen LogP contribution < -0.4 is 5.63 Å². The van der Waals surface area contributed by atoms with Gasteiger partial charge in [-0.1, -0.05) is 54.1 Å². The van der Waals surface area contributed by atoms with Gasteiger partial charge in [0.1, 0.15) is 11.4 Å². The molecular weight excluding hydrogens is 339 g/mol. The summed E-state index contributed by atoms with van der Waals surface area (Å²) in [7, 11) is 0. The zero-order valence-corrected chi connectivity index (χ0v) is 13.8. The molecule has 2 nitrogen and oxygen atoms in total. The largest absolute Gasteiger partial charge is 0.422 e. The Kier molecular flexibility index (Phi) is 3.86. The van der Waals surface area contributed by atoms with Crippen LogP contribution in [-0.2, 0) is 0 Å². The highest BCUT2D eigenvalue weighted by atomic mass is 35.5. The average Bonchev–Trinajstić information content (AvgIpc) is 2.63. The minimum atomic E-state index is -0.463. The zero-order chi connectivity index (χ0) is 17.4. The highest BCUT2D eigenvalue weighted by molar-refractivity contribution is 6.30. The van der Waals surface area contributed by atoms with Crippen LogP contribution in [0.2, 0.25) is 5.02 Å². The third-order valence-corrected chi connectivity index (χ3v) is 4.32. The summed E-state index contributed by atoms with van der Waals surface area (Å²) in [6.45, 7) is 0. The van der Waals surface area contributed by atoms with E-state index in [0.29, 0.717) is 32.7 Å². The fourth-order valence-electron chi connectivity index (χ4n) is 2.96. The van der Waals surface area contributed by atoms with Crippen molar-refractivity contribution in [3.63, 3.8) is 0 Å². The van der Waals surface area contributed by atoms with Gasteiger partial charge in [0.15, 0.2) is 0 Å². The second-order valence-electron chi connectivity index (χ2n) is 5.65. The Morgan fingerprint density at radius 1 is 0.800 bits per heavy atom. The fraction of sp³-hybridized carbons (Fsp3) is 0. The smallest absolute Gasteiger partial charge is 0.344 e. The van der Waals surface area contributed by atoms with Gasteiger partial charge in [0.05, 0.1) is 5.56 Å². The maximum Gasteiger partial charge on any atom is 0.344 e. The van der Waals surface area contributed by atoms with Crippen LogP contribution in [0.5, 0.6) is 0 Å². The number of rotatable bonds is 2. The van der Waals surface area contributed by atoms with Crippen molar-refractivity contribution in [1.82, 2.24) is 0 Å². The van der Waals surface area contributed by atoms with Crippen molar-refractivity contribution in [2.24, 2.45) is 0 Å². The molecule has 4 heteroatoms. The molecule has 0 fully saturated rings. The van der Waals surface area contributed by atoms with Crippen LogP contribution in [0.15, 0.2) is 82.0 Å². The van der Waals surface area contributed by atoms with E-state index in [0.717, 1.165) is 5.56 Å². The summed E-state index contributed by atoms with van der Waals surface area (Å²) in [5.41, 5.74) is 2.40. The summed E-state index contributed by atoms with van der Waals surface area (Å²) < 4.78 is 19.3. The lowest BCUT2D eigenvalue weighted by molar-refractivity contribution is 0.561. The summed E-state index contributed by atoms with van der Waals surface area (Å²) in [5.74, 6) is -0.393. The van der Waals surface area contributed by atoms with E-state index in [4.69, 9.17) is 16.0 Å². The topological polar surface area (TPSA) is 30.2 Å². The van der Waals surface area contributed by atoms with Crippen LogP contribution in [0.3, 0.4) is 0 Å². The summed E-state index contributed by atoms with van der Waals surface area (Å²) >= 11 is 5.99. The van der Waals surface area contributed by atoms with Crippen LogP contribution in [-0.4, -0.2) is 0 Å². The van der Waals surface area contributed by atoms with Crippen molar-refractivity contribution >= 4 is 22.6 Å². The van der Waals surface area contributed by atoms with E-state index in [-0.39, 0.29) is 0 Å². The standard InChI is InChI=1S/C21H12ClFO2/c22-15-8-6-14(7-9-15)19-17-12-16(23)10-11-18(17)25-21(24)20(19)13-4-2-1-3-5-13/h1-12H. The van der Waals surface area contributed by atoms with Gasteiger partial charge in [0, 0.05) is 16.0 Å².